The summed E-state index contributed by atoms with van der Waals surface area (Å²) in [5.74, 6) is 0.0678. The van der Waals surface area contributed by atoms with Gasteiger partial charge < -0.3 is 10.6 Å². The molecular weight excluding hydrogens is 336 g/mol. The van der Waals surface area contributed by atoms with E-state index in [0.29, 0.717) is 19.5 Å². The van der Waals surface area contributed by atoms with Gasteiger partial charge in [-0.25, -0.2) is 0 Å². The van der Waals surface area contributed by atoms with Crippen molar-refractivity contribution in [3.63, 3.8) is 0 Å². The molecule has 0 bridgehead atoms. The Bertz CT molecular complexity index is 349. The average Bonchev–Trinajstić information content (AvgIpc) is 2.23. The molecule has 0 radical (unpaired) electrons. The topological polar surface area (TPSA) is 41.1 Å². The molecule has 0 unspecified atom stereocenters. The predicted octanol–water partition coefficient (Wildman–Crippen LogP) is 3.15. The van der Waals surface area contributed by atoms with Gasteiger partial charge in [0.25, 0.3) is 0 Å². The van der Waals surface area contributed by atoms with Crippen molar-refractivity contribution in [2.75, 3.05) is 18.4 Å². The number of nitrogens with one attached hydrogen (secondary N) is 2. The maximum atomic E-state index is 11.2. The highest BCUT2D eigenvalue weighted by molar-refractivity contribution is 9.11. The van der Waals surface area contributed by atoms with Crippen LogP contribution in [0, 0.1) is 0 Å². The van der Waals surface area contributed by atoms with E-state index in [4.69, 9.17) is 0 Å². The first-order chi connectivity index (χ1) is 7.65. The fraction of sp³-hybridized carbons (Fsp3) is 0.364. The van der Waals surface area contributed by atoms with E-state index in [1.165, 1.54) is 0 Å². The van der Waals surface area contributed by atoms with E-state index >= 15 is 0 Å². The van der Waals surface area contributed by atoms with Gasteiger partial charge in [0.15, 0.2) is 0 Å². The molecule has 0 heterocycles. The van der Waals surface area contributed by atoms with Gasteiger partial charge in [-0.3, -0.25) is 4.79 Å². The third-order valence-corrected chi connectivity index (χ3v) is 3.31. The molecule has 0 aliphatic carbocycles. The van der Waals surface area contributed by atoms with Crippen LogP contribution in [-0.2, 0) is 4.79 Å². The lowest BCUT2D eigenvalue weighted by Gasteiger charge is -2.10. The third-order valence-electron chi connectivity index (χ3n) is 1.99. The highest BCUT2D eigenvalue weighted by atomic mass is 79.9. The van der Waals surface area contributed by atoms with Gasteiger partial charge in [0, 0.05) is 28.5 Å². The summed E-state index contributed by atoms with van der Waals surface area (Å²) in [5.41, 5.74) is 0.979. The van der Waals surface area contributed by atoms with Crippen molar-refractivity contribution in [3.05, 3.63) is 27.1 Å². The molecule has 0 aliphatic rings. The molecule has 0 aliphatic heterocycles. The second kappa shape index (κ2) is 6.91. The molecule has 1 rings (SSSR count). The second-order valence-electron chi connectivity index (χ2n) is 3.23. The number of halogens is 2. The van der Waals surface area contributed by atoms with Gasteiger partial charge >= 0.3 is 0 Å². The molecule has 1 aromatic rings. The van der Waals surface area contributed by atoms with E-state index in [0.717, 1.165) is 14.6 Å². The highest BCUT2D eigenvalue weighted by Gasteiger charge is 2.04. The molecular formula is C11H14Br2N2O. The average molecular weight is 350 g/mol. The number of carbonyl (C=O) groups is 1. The zero-order valence-corrected chi connectivity index (χ0v) is 12.2. The predicted molar refractivity (Wildman–Crippen MR) is 73.6 cm³/mol. The summed E-state index contributed by atoms with van der Waals surface area (Å²) in [6.45, 7) is 3.21. The molecule has 0 aromatic heterocycles. The molecule has 0 atom stereocenters. The van der Waals surface area contributed by atoms with E-state index in [2.05, 4.69) is 42.5 Å². The Balaban J connectivity index is 2.46. The van der Waals surface area contributed by atoms with Crippen LogP contribution < -0.4 is 10.6 Å². The highest BCUT2D eigenvalue weighted by Crippen LogP contribution is 2.30. The van der Waals surface area contributed by atoms with E-state index in [-0.39, 0.29) is 5.91 Å². The summed E-state index contributed by atoms with van der Waals surface area (Å²) in [7, 11) is 0. The van der Waals surface area contributed by atoms with Crippen molar-refractivity contribution in [1.29, 1.82) is 0 Å². The van der Waals surface area contributed by atoms with Crippen LogP contribution >= 0.6 is 31.9 Å². The van der Waals surface area contributed by atoms with Crippen LogP contribution in [-0.4, -0.2) is 19.0 Å². The molecule has 2 N–H and O–H groups in total. The summed E-state index contributed by atoms with van der Waals surface area (Å²) >= 11 is 6.90. The van der Waals surface area contributed by atoms with E-state index < -0.39 is 0 Å². The van der Waals surface area contributed by atoms with Gasteiger partial charge in [-0.05, 0) is 50.9 Å². The molecule has 0 spiro atoms. The summed E-state index contributed by atoms with van der Waals surface area (Å²) in [5, 5.41) is 5.97. The van der Waals surface area contributed by atoms with Gasteiger partial charge in [-0.2, -0.15) is 0 Å². The molecule has 1 aromatic carbocycles. The lowest BCUT2D eigenvalue weighted by molar-refractivity contribution is -0.120. The number of anilines is 1. The first-order valence-corrected chi connectivity index (χ1v) is 6.68. The fourth-order valence-electron chi connectivity index (χ4n) is 1.25. The number of para-hydroxylation sites is 1. The van der Waals surface area contributed by atoms with E-state index in [9.17, 15) is 4.79 Å². The Morgan fingerprint density at radius 1 is 1.31 bits per heavy atom. The minimum absolute atomic E-state index is 0.0678. The molecule has 3 nitrogen and oxygen atoms in total. The number of hydrogen-bond donors (Lipinski definition) is 2. The van der Waals surface area contributed by atoms with Gasteiger partial charge in [-0.15, -0.1) is 0 Å². The van der Waals surface area contributed by atoms with Crippen LogP contribution in [0.2, 0.25) is 0 Å². The minimum atomic E-state index is 0.0678. The number of rotatable bonds is 5. The van der Waals surface area contributed by atoms with Crippen molar-refractivity contribution in [3.8, 4) is 0 Å². The molecule has 88 valence electrons. The molecule has 1 amide bonds. The number of carbonyl (C=O) groups excluding carboxylic acids is 1. The van der Waals surface area contributed by atoms with Crippen molar-refractivity contribution >= 4 is 43.5 Å². The normalized spacial score (nSPS) is 9.94. The van der Waals surface area contributed by atoms with Gasteiger partial charge in [0.1, 0.15) is 0 Å². The van der Waals surface area contributed by atoms with E-state index in [1.807, 2.05) is 25.1 Å². The summed E-state index contributed by atoms with van der Waals surface area (Å²) in [4.78, 5) is 11.2. The number of benzene rings is 1. The molecule has 0 fully saturated rings. The van der Waals surface area contributed by atoms with Crippen LogP contribution in [0.1, 0.15) is 13.3 Å². The standard InChI is InChI=1S/C11H14Br2N2O/c1-2-14-10(16)6-7-15-11-8(12)4-3-5-9(11)13/h3-5,15H,2,6-7H2,1H3,(H,14,16). The van der Waals surface area contributed by atoms with Crippen LogP contribution in [0.3, 0.4) is 0 Å². The lowest BCUT2D eigenvalue weighted by Crippen LogP contribution is -2.24. The molecule has 0 saturated heterocycles. The van der Waals surface area contributed by atoms with Crippen molar-refractivity contribution in [1.82, 2.24) is 5.32 Å². The second-order valence-corrected chi connectivity index (χ2v) is 4.94. The molecule has 0 saturated carbocycles. The zero-order valence-electron chi connectivity index (χ0n) is 9.02. The maximum Gasteiger partial charge on any atom is 0.221 e. The molecule has 5 heteroatoms. The lowest BCUT2D eigenvalue weighted by atomic mass is 10.3. The quantitative estimate of drug-likeness (QED) is 0.857. The number of hydrogen-bond acceptors (Lipinski definition) is 2. The molecule has 16 heavy (non-hydrogen) atoms. The zero-order chi connectivity index (χ0) is 12.0. The Hall–Kier alpha value is -0.550. The Morgan fingerprint density at radius 2 is 1.94 bits per heavy atom. The smallest absolute Gasteiger partial charge is 0.221 e. The van der Waals surface area contributed by atoms with Crippen molar-refractivity contribution in [2.45, 2.75) is 13.3 Å². The van der Waals surface area contributed by atoms with Gasteiger partial charge in [0.2, 0.25) is 5.91 Å². The van der Waals surface area contributed by atoms with E-state index in [1.54, 1.807) is 0 Å². The first kappa shape index (κ1) is 13.5. The van der Waals surface area contributed by atoms with Crippen LogP contribution in [0.5, 0.6) is 0 Å². The maximum absolute atomic E-state index is 11.2. The van der Waals surface area contributed by atoms with Gasteiger partial charge in [-0.1, -0.05) is 6.07 Å². The van der Waals surface area contributed by atoms with Crippen molar-refractivity contribution in [2.24, 2.45) is 0 Å². The first-order valence-electron chi connectivity index (χ1n) is 5.09. The number of amides is 1. The largest absolute Gasteiger partial charge is 0.383 e. The summed E-state index contributed by atoms with van der Waals surface area (Å²) in [6.07, 6.45) is 0.474. The van der Waals surface area contributed by atoms with Crippen molar-refractivity contribution < 1.29 is 4.79 Å². The fourth-order valence-corrected chi connectivity index (χ4v) is 2.53. The monoisotopic (exact) mass is 348 g/mol. The third kappa shape index (κ3) is 4.14. The van der Waals surface area contributed by atoms with Crippen LogP contribution in [0.15, 0.2) is 27.1 Å². The Morgan fingerprint density at radius 3 is 2.50 bits per heavy atom. The van der Waals surface area contributed by atoms with Crippen LogP contribution in [0.25, 0.3) is 0 Å². The minimum Gasteiger partial charge on any atom is -0.383 e. The Kier molecular flexibility index (Phi) is 5.84. The van der Waals surface area contributed by atoms with Crippen LogP contribution in [0.4, 0.5) is 5.69 Å². The summed E-state index contributed by atoms with van der Waals surface area (Å²) < 4.78 is 1.97. The Labute approximate surface area is 112 Å². The summed E-state index contributed by atoms with van der Waals surface area (Å²) in [6, 6.07) is 5.86. The SMILES string of the molecule is CCNC(=O)CCNc1c(Br)cccc1Br. The van der Waals surface area contributed by atoms with Gasteiger partial charge in [0.05, 0.1) is 5.69 Å².